The summed E-state index contributed by atoms with van der Waals surface area (Å²) in [5.41, 5.74) is 1.09. The first-order valence-corrected chi connectivity index (χ1v) is 17.7. The van der Waals surface area contributed by atoms with Gasteiger partial charge in [0.05, 0.1) is 17.9 Å². The number of carbonyl (C=O) groups excluding carboxylic acids is 1. The largest absolute Gasteiger partial charge is 0.399 e. The fourth-order valence-electron chi connectivity index (χ4n) is 11.6. The highest BCUT2D eigenvalue weighted by molar-refractivity contribution is 5.91. The fourth-order valence-corrected chi connectivity index (χ4v) is 11.6. The minimum atomic E-state index is -1.52. The van der Waals surface area contributed by atoms with E-state index >= 15 is 0 Å². The van der Waals surface area contributed by atoms with Gasteiger partial charge in [-0.3, -0.25) is 4.79 Å². The van der Waals surface area contributed by atoms with Crippen LogP contribution in [0.15, 0.2) is 16.8 Å². The van der Waals surface area contributed by atoms with Crippen molar-refractivity contribution in [2.45, 2.75) is 149 Å². The van der Waals surface area contributed by atoms with Crippen molar-refractivity contribution >= 4 is 11.5 Å². The second-order valence-electron chi connectivity index (χ2n) is 17.2. The van der Waals surface area contributed by atoms with E-state index in [0.717, 1.165) is 50.7 Å². The smallest absolute Gasteiger partial charge is 0.187 e. The molecule has 8 unspecified atom stereocenters. The number of ether oxygens (including phenoxy) is 2. The van der Waals surface area contributed by atoms with Gasteiger partial charge in [-0.25, -0.2) is 0 Å². The van der Waals surface area contributed by atoms with Gasteiger partial charge >= 0.3 is 0 Å². The molecule has 0 aromatic carbocycles. The van der Waals surface area contributed by atoms with Crippen molar-refractivity contribution in [3.05, 3.63) is 11.6 Å². The summed E-state index contributed by atoms with van der Waals surface area (Å²) in [6.07, 6.45) is 3.02. The Morgan fingerprint density at radius 3 is 2.30 bits per heavy atom. The van der Waals surface area contributed by atoms with Crippen molar-refractivity contribution in [2.75, 3.05) is 13.7 Å². The Morgan fingerprint density at radius 2 is 1.67 bits per heavy atom. The first-order valence-electron chi connectivity index (χ1n) is 17.7. The maximum absolute atomic E-state index is 14.7. The maximum atomic E-state index is 14.7. The second-order valence-corrected chi connectivity index (χ2v) is 17.2. The summed E-state index contributed by atoms with van der Waals surface area (Å²) in [6, 6.07) is 0. The number of hydrogen-bond donors (Lipinski definition) is 4. The minimum absolute atomic E-state index is 0.00453. The van der Waals surface area contributed by atoms with Crippen molar-refractivity contribution in [3.8, 4) is 0 Å². The van der Waals surface area contributed by atoms with Crippen molar-refractivity contribution in [3.63, 3.8) is 0 Å². The lowest BCUT2D eigenvalue weighted by Crippen LogP contribution is -2.66. The van der Waals surface area contributed by atoms with Crippen LogP contribution in [0.3, 0.4) is 0 Å². The number of hydrogen-bond acceptors (Lipinski definition) is 9. The predicted molar refractivity (Wildman–Crippen MR) is 176 cm³/mol. The Labute approximate surface area is 276 Å². The van der Waals surface area contributed by atoms with E-state index in [2.05, 4.69) is 59.7 Å². The Bertz CT molecular complexity index is 1210. The van der Waals surface area contributed by atoms with Gasteiger partial charge in [0.2, 0.25) is 0 Å². The van der Waals surface area contributed by atoms with E-state index in [1.54, 1.807) is 7.11 Å². The first kappa shape index (κ1) is 35.9. The molecule has 46 heavy (non-hydrogen) atoms. The molecule has 0 radical (unpaired) electrons. The number of nitrogens with zero attached hydrogens (tertiary/aromatic N) is 1. The molecular formula is C37H61NO8. The Morgan fingerprint density at radius 1 is 1.00 bits per heavy atom. The van der Waals surface area contributed by atoms with Crippen LogP contribution in [0.5, 0.6) is 0 Å². The Kier molecular flexibility index (Phi) is 9.77. The van der Waals surface area contributed by atoms with E-state index in [0.29, 0.717) is 24.5 Å². The number of allylic oxidation sites excluding steroid dienone is 2. The third-order valence-corrected chi connectivity index (χ3v) is 14.4. The number of oxime groups is 1. The fraction of sp³-hybridized carbons (Fsp3) is 0.892. The zero-order valence-corrected chi connectivity index (χ0v) is 29.7. The van der Waals surface area contributed by atoms with E-state index in [1.165, 1.54) is 5.57 Å². The SMILES string of the molecule is CO/N=C1\CC[C@@]2(C)C(CC[C@]3(C)C2CC(=O)C2C(C(C)(CCC=C(C)C)O[C@@H]4OC(CO)[C@@H](O)C(O)C4O)CC[C@]23C)C1(C)C. The molecule has 0 bridgehead atoms. The summed E-state index contributed by atoms with van der Waals surface area (Å²) in [5, 5.41) is 46.2. The Hall–Kier alpha value is -1.36. The zero-order chi connectivity index (χ0) is 34.0. The van der Waals surface area contributed by atoms with Crippen LogP contribution in [0.25, 0.3) is 0 Å². The number of aliphatic hydroxyl groups excluding tert-OH is 4. The van der Waals surface area contributed by atoms with Crippen LogP contribution in [0.2, 0.25) is 0 Å². The molecule has 1 heterocycles. The standard InChI is InChI=1S/C37H61NO8/c1-21(2)11-10-15-37(8,46-32-31(43)30(42)29(41)24(20-39)45-32)22-12-17-36(7)28(22)23(40)19-26-34(5)16-14-27(38-44-9)33(3,4)25(34)13-18-35(26,36)6/h11,22,24-26,28-32,39,41-43H,10,12-20H2,1-9H3/b38-27+/t22?,24?,25?,26?,28?,29-,30?,31?,32+,34+,35-,36-,37?/m1/s1. The van der Waals surface area contributed by atoms with E-state index < -0.39 is 42.9 Å². The van der Waals surface area contributed by atoms with Crippen LogP contribution >= 0.6 is 0 Å². The first-order chi connectivity index (χ1) is 21.4. The molecule has 4 saturated carbocycles. The Balaban J connectivity index is 1.49. The maximum Gasteiger partial charge on any atom is 0.187 e. The van der Waals surface area contributed by atoms with Gasteiger partial charge < -0.3 is 34.7 Å². The summed E-state index contributed by atoms with van der Waals surface area (Å²) in [4.78, 5) is 20.0. The molecule has 262 valence electrons. The molecule has 13 atom stereocenters. The monoisotopic (exact) mass is 647 g/mol. The highest BCUT2D eigenvalue weighted by Gasteiger charge is 2.71. The van der Waals surface area contributed by atoms with Gasteiger partial charge in [0.15, 0.2) is 6.29 Å². The third kappa shape index (κ3) is 5.43. The molecule has 0 aromatic heterocycles. The molecule has 1 saturated heterocycles. The molecule has 0 spiro atoms. The number of Topliss-reactive ketones (excluding diaryl/α,β-unsaturated/α-hetero) is 1. The van der Waals surface area contributed by atoms with Crippen LogP contribution < -0.4 is 0 Å². The molecular weight excluding hydrogens is 586 g/mol. The van der Waals surface area contributed by atoms with Crippen LogP contribution in [0, 0.1) is 45.3 Å². The second kappa shape index (κ2) is 12.5. The molecule has 5 aliphatic rings. The van der Waals surface area contributed by atoms with Crippen LogP contribution in [0.4, 0.5) is 0 Å². The highest BCUT2D eigenvalue weighted by Crippen LogP contribution is 2.75. The summed E-state index contributed by atoms with van der Waals surface area (Å²) in [7, 11) is 1.63. The van der Waals surface area contributed by atoms with Crippen LogP contribution in [-0.2, 0) is 19.1 Å². The average molecular weight is 648 g/mol. The predicted octanol–water partition coefficient (Wildman–Crippen LogP) is 5.17. The van der Waals surface area contributed by atoms with Crippen molar-refractivity contribution in [1.29, 1.82) is 0 Å². The molecule has 5 fully saturated rings. The van der Waals surface area contributed by atoms with Gasteiger partial charge in [-0.2, -0.15) is 0 Å². The zero-order valence-electron chi connectivity index (χ0n) is 29.7. The molecule has 9 heteroatoms. The number of aliphatic hydroxyl groups is 4. The minimum Gasteiger partial charge on any atom is -0.399 e. The lowest BCUT2D eigenvalue weighted by Gasteiger charge is -2.68. The summed E-state index contributed by atoms with van der Waals surface area (Å²) < 4.78 is 12.6. The quantitative estimate of drug-likeness (QED) is 0.209. The molecule has 4 aliphatic carbocycles. The molecule has 1 aliphatic heterocycles. The van der Waals surface area contributed by atoms with E-state index in [1.807, 2.05) is 6.92 Å². The number of fused-ring (bicyclic) bond motifs is 5. The lowest BCUT2D eigenvalue weighted by atomic mass is 9.35. The lowest BCUT2D eigenvalue weighted by molar-refractivity contribution is -0.333. The number of rotatable bonds is 8. The van der Waals surface area contributed by atoms with Gasteiger partial charge in [-0.1, -0.05) is 51.4 Å². The van der Waals surface area contributed by atoms with Crippen molar-refractivity contribution < 1.29 is 39.5 Å². The van der Waals surface area contributed by atoms with E-state index in [4.69, 9.17) is 14.3 Å². The van der Waals surface area contributed by atoms with Gasteiger partial charge in [0, 0.05) is 17.8 Å². The molecule has 4 N–H and O–H groups in total. The molecule has 0 aromatic rings. The summed E-state index contributed by atoms with van der Waals surface area (Å²) in [6.45, 7) is 17.5. The molecule has 0 amide bonds. The normalized spacial score (nSPS) is 47.4. The van der Waals surface area contributed by atoms with Gasteiger partial charge in [-0.15, -0.1) is 0 Å². The third-order valence-electron chi connectivity index (χ3n) is 14.4. The van der Waals surface area contributed by atoms with Gasteiger partial charge in [-0.05, 0) is 106 Å². The van der Waals surface area contributed by atoms with E-state index in [-0.39, 0.29) is 39.4 Å². The molecule has 5 rings (SSSR count). The average Bonchev–Trinajstić information content (AvgIpc) is 3.36. The van der Waals surface area contributed by atoms with Gasteiger partial charge in [0.25, 0.3) is 0 Å². The number of carbonyl (C=O) groups is 1. The van der Waals surface area contributed by atoms with Crippen molar-refractivity contribution in [2.24, 2.45) is 50.5 Å². The molecule has 9 nitrogen and oxygen atoms in total. The van der Waals surface area contributed by atoms with Crippen LogP contribution in [-0.4, -0.2) is 81.9 Å². The number of ketones is 1. The summed E-state index contributed by atoms with van der Waals surface area (Å²) in [5.74, 6) is 0.661. The van der Waals surface area contributed by atoms with Gasteiger partial charge in [0.1, 0.15) is 37.3 Å². The van der Waals surface area contributed by atoms with Crippen molar-refractivity contribution in [1.82, 2.24) is 0 Å². The topological polar surface area (TPSA) is 138 Å². The van der Waals surface area contributed by atoms with Crippen LogP contribution in [0.1, 0.15) is 113 Å². The summed E-state index contributed by atoms with van der Waals surface area (Å²) >= 11 is 0. The van der Waals surface area contributed by atoms with E-state index in [9.17, 15) is 25.2 Å². The highest BCUT2D eigenvalue weighted by atomic mass is 16.7.